The molecule has 0 radical (unpaired) electrons. The zero-order chi connectivity index (χ0) is 14.8. The lowest BCUT2D eigenvalue weighted by Crippen LogP contribution is -2.16. The van der Waals surface area contributed by atoms with Crippen LogP contribution in [0.15, 0.2) is 4.42 Å². The Morgan fingerprint density at radius 3 is 2.30 bits per heavy atom. The summed E-state index contributed by atoms with van der Waals surface area (Å²) < 4.78 is 5.54. The van der Waals surface area contributed by atoms with Gasteiger partial charge in [0.1, 0.15) is 0 Å². The van der Waals surface area contributed by atoms with Gasteiger partial charge in [-0.2, -0.15) is 0 Å². The van der Waals surface area contributed by atoms with E-state index in [9.17, 15) is 9.90 Å². The Bertz CT molecular complexity index is 463. The lowest BCUT2D eigenvalue weighted by Gasteiger charge is -2.14. The molecule has 2 rings (SSSR count). The van der Waals surface area contributed by atoms with Crippen molar-refractivity contribution in [1.29, 1.82) is 0 Å². The minimum atomic E-state index is -1.02. The molecule has 4 heteroatoms. The van der Waals surface area contributed by atoms with Gasteiger partial charge < -0.3 is 9.52 Å². The molecule has 0 atom stereocenters. The maximum atomic E-state index is 11.3. The van der Waals surface area contributed by atoms with Crippen molar-refractivity contribution in [3.05, 3.63) is 17.3 Å². The summed E-state index contributed by atoms with van der Waals surface area (Å²) >= 11 is 0. The van der Waals surface area contributed by atoms with Crippen molar-refractivity contribution in [2.45, 2.75) is 71.1 Å². The topological polar surface area (TPSA) is 63.3 Å². The van der Waals surface area contributed by atoms with E-state index >= 15 is 0 Å². The average Bonchev–Trinajstić information content (AvgIpc) is 2.61. The molecule has 1 N–H and O–H groups in total. The van der Waals surface area contributed by atoms with Crippen LogP contribution in [0.1, 0.15) is 81.4 Å². The van der Waals surface area contributed by atoms with E-state index in [0.717, 1.165) is 6.42 Å². The molecule has 112 valence electrons. The molecule has 0 bridgehead atoms. The fraction of sp³-hybridized carbons (Fsp3) is 0.750. The number of hydrogen-bond acceptors (Lipinski definition) is 3. The van der Waals surface area contributed by atoms with Crippen LogP contribution in [-0.4, -0.2) is 16.1 Å². The fourth-order valence-electron chi connectivity index (χ4n) is 2.92. The molecule has 1 fully saturated rings. The molecule has 0 spiro atoms. The Hall–Kier alpha value is -1.32. The van der Waals surface area contributed by atoms with Gasteiger partial charge in [0.25, 0.3) is 0 Å². The van der Waals surface area contributed by atoms with Crippen LogP contribution in [0.5, 0.6) is 0 Å². The molecule has 1 aromatic rings. The third-order valence-electron chi connectivity index (χ3n) is 4.01. The van der Waals surface area contributed by atoms with Crippen LogP contribution in [0.2, 0.25) is 0 Å². The Morgan fingerprint density at radius 1 is 1.25 bits per heavy atom. The molecule has 0 unspecified atom stereocenters. The first-order valence-electron chi connectivity index (χ1n) is 7.61. The highest BCUT2D eigenvalue weighted by molar-refractivity contribution is 5.86. The summed E-state index contributed by atoms with van der Waals surface area (Å²) in [5.74, 6) is 0.181. The van der Waals surface area contributed by atoms with Gasteiger partial charge in [-0.15, -0.1) is 0 Å². The number of aromatic carboxylic acids is 1. The number of aromatic nitrogens is 1. The lowest BCUT2D eigenvalue weighted by atomic mass is 9.91. The zero-order valence-electron chi connectivity index (χ0n) is 12.7. The van der Waals surface area contributed by atoms with E-state index in [-0.39, 0.29) is 11.2 Å². The van der Waals surface area contributed by atoms with Crippen molar-refractivity contribution in [2.24, 2.45) is 5.92 Å². The number of carboxylic acids is 1. The van der Waals surface area contributed by atoms with E-state index in [1.807, 2.05) is 20.8 Å². The predicted octanol–water partition coefficient (Wildman–Crippen LogP) is 4.18. The molecule has 4 nitrogen and oxygen atoms in total. The number of nitrogens with zero attached hydrogens (tertiary/aromatic N) is 1. The highest BCUT2D eigenvalue weighted by Crippen LogP contribution is 2.30. The Labute approximate surface area is 120 Å². The molecule has 20 heavy (non-hydrogen) atoms. The van der Waals surface area contributed by atoms with Crippen LogP contribution in [0, 0.1) is 5.92 Å². The average molecular weight is 279 g/mol. The fourth-order valence-corrected chi connectivity index (χ4v) is 2.92. The summed E-state index contributed by atoms with van der Waals surface area (Å²) in [4.78, 5) is 15.8. The van der Waals surface area contributed by atoms with Gasteiger partial charge in [-0.05, 0) is 18.8 Å². The molecule has 1 saturated carbocycles. The van der Waals surface area contributed by atoms with E-state index in [1.54, 1.807) is 0 Å². The van der Waals surface area contributed by atoms with E-state index in [1.165, 1.54) is 38.5 Å². The van der Waals surface area contributed by atoms with E-state index in [2.05, 4.69) is 4.98 Å². The summed E-state index contributed by atoms with van der Waals surface area (Å²) in [6.07, 6.45) is 8.35. The van der Waals surface area contributed by atoms with Crippen LogP contribution < -0.4 is 0 Å². The van der Waals surface area contributed by atoms with Crippen molar-refractivity contribution >= 4 is 5.97 Å². The van der Waals surface area contributed by atoms with Gasteiger partial charge >= 0.3 is 5.97 Å². The molecule has 0 aliphatic heterocycles. The van der Waals surface area contributed by atoms with E-state index in [4.69, 9.17) is 4.42 Å². The zero-order valence-corrected chi connectivity index (χ0v) is 12.7. The van der Waals surface area contributed by atoms with E-state index in [0.29, 0.717) is 17.5 Å². The number of carboxylic acid groups (broad SMARTS) is 1. The SMILES string of the molecule is CC(C)(C)c1nc(CC2CCCCCC2)oc1C(=O)O. The maximum Gasteiger partial charge on any atom is 0.373 e. The summed E-state index contributed by atoms with van der Waals surface area (Å²) in [5, 5.41) is 9.26. The minimum Gasteiger partial charge on any atom is -0.475 e. The van der Waals surface area contributed by atoms with Crippen LogP contribution in [0.3, 0.4) is 0 Å². The smallest absolute Gasteiger partial charge is 0.373 e. The van der Waals surface area contributed by atoms with Gasteiger partial charge in [-0.25, -0.2) is 9.78 Å². The Morgan fingerprint density at radius 2 is 1.85 bits per heavy atom. The first-order chi connectivity index (χ1) is 9.38. The second kappa shape index (κ2) is 5.98. The van der Waals surface area contributed by atoms with Crippen molar-refractivity contribution in [2.75, 3.05) is 0 Å². The van der Waals surface area contributed by atoms with Gasteiger partial charge in [0.05, 0.1) is 5.69 Å². The summed E-state index contributed by atoms with van der Waals surface area (Å²) in [6, 6.07) is 0. The molecule has 0 amide bonds. The first kappa shape index (κ1) is 15.1. The predicted molar refractivity (Wildman–Crippen MR) is 77.1 cm³/mol. The monoisotopic (exact) mass is 279 g/mol. The molecular formula is C16H25NO3. The highest BCUT2D eigenvalue weighted by Gasteiger charge is 2.29. The lowest BCUT2D eigenvalue weighted by molar-refractivity contribution is 0.0656. The van der Waals surface area contributed by atoms with Crippen molar-refractivity contribution < 1.29 is 14.3 Å². The second-order valence-corrected chi connectivity index (χ2v) is 6.90. The Balaban J connectivity index is 2.18. The number of oxazole rings is 1. The molecule has 1 heterocycles. The molecule has 1 aliphatic rings. The van der Waals surface area contributed by atoms with Crippen molar-refractivity contribution in [3.8, 4) is 0 Å². The van der Waals surface area contributed by atoms with Crippen molar-refractivity contribution in [1.82, 2.24) is 4.98 Å². The first-order valence-corrected chi connectivity index (χ1v) is 7.61. The van der Waals surface area contributed by atoms with Crippen LogP contribution in [0.4, 0.5) is 0 Å². The number of rotatable bonds is 3. The molecule has 0 aromatic carbocycles. The maximum absolute atomic E-state index is 11.3. The number of carbonyl (C=O) groups is 1. The number of hydrogen-bond donors (Lipinski definition) is 1. The van der Waals surface area contributed by atoms with Gasteiger partial charge in [-0.1, -0.05) is 46.5 Å². The van der Waals surface area contributed by atoms with Crippen LogP contribution in [-0.2, 0) is 11.8 Å². The minimum absolute atomic E-state index is 0.0149. The molecular weight excluding hydrogens is 254 g/mol. The Kier molecular flexibility index (Phi) is 4.51. The summed E-state index contributed by atoms with van der Waals surface area (Å²) in [5.41, 5.74) is 0.257. The summed E-state index contributed by atoms with van der Waals surface area (Å²) in [7, 11) is 0. The third kappa shape index (κ3) is 3.62. The van der Waals surface area contributed by atoms with Gasteiger partial charge in [0.15, 0.2) is 5.89 Å². The van der Waals surface area contributed by atoms with Crippen molar-refractivity contribution in [3.63, 3.8) is 0 Å². The van der Waals surface area contributed by atoms with E-state index < -0.39 is 5.97 Å². The molecule has 1 aromatic heterocycles. The van der Waals surface area contributed by atoms with Crippen LogP contribution >= 0.6 is 0 Å². The van der Waals surface area contributed by atoms with Crippen LogP contribution in [0.25, 0.3) is 0 Å². The molecule has 0 saturated heterocycles. The second-order valence-electron chi connectivity index (χ2n) is 6.90. The quantitative estimate of drug-likeness (QED) is 0.843. The third-order valence-corrected chi connectivity index (χ3v) is 4.01. The summed E-state index contributed by atoms with van der Waals surface area (Å²) in [6.45, 7) is 5.90. The normalized spacial score (nSPS) is 17.9. The van der Waals surface area contributed by atoms with Gasteiger partial charge in [-0.3, -0.25) is 0 Å². The largest absolute Gasteiger partial charge is 0.475 e. The molecule has 1 aliphatic carbocycles. The van der Waals surface area contributed by atoms with Gasteiger partial charge in [0.2, 0.25) is 5.76 Å². The standard InChI is InChI=1S/C16H25NO3/c1-16(2,3)14-13(15(18)19)20-12(17-14)10-11-8-6-4-5-7-9-11/h11H,4-10H2,1-3H3,(H,18,19). The van der Waals surface area contributed by atoms with Gasteiger partial charge in [0, 0.05) is 11.8 Å². The highest BCUT2D eigenvalue weighted by atomic mass is 16.4.